The molecule has 0 unspecified atom stereocenters. The van der Waals surface area contributed by atoms with E-state index in [9.17, 15) is 8.78 Å². The third kappa shape index (κ3) is 2.93. The van der Waals surface area contributed by atoms with Crippen LogP contribution in [0.4, 0.5) is 14.5 Å². The zero-order chi connectivity index (χ0) is 14.0. The van der Waals surface area contributed by atoms with Crippen LogP contribution < -0.4 is 10.5 Å². The van der Waals surface area contributed by atoms with Crippen LogP contribution in [0.5, 0.6) is 11.5 Å². The van der Waals surface area contributed by atoms with Crippen molar-refractivity contribution in [3.05, 3.63) is 51.1 Å². The van der Waals surface area contributed by atoms with Crippen molar-refractivity contribution in [2.75, 3.05) is 5.73 Å². The third-order valence-electron chi connectivity index (χ3n) is 2.34. The standard InChI is InChI=1S/C13H7F2IN2O/c14-9-3-8(2-1-7(9)6-17)19-13-4-10(15)11(16)5-12(13)18/h1-5H,18H2. The first kappa shape index (κ1) is 13.5. The van der Waals surface area contributed by atoms with Crippen LogP contribution in [0.1, 0.15) is 5.56 Å². The van der Waals surface area contributed by atoms with E-state index in [1.54, 1.807) is 28.7 Å². The van der Waals surface area contributed by atoms with E-state index in [1.165, 1.54) is 18.2 Å². The molecular formula is C13H7F2IN2O. The Morgan fingerprint density at radius 2 is 1.89 bits per heavy atom. The van der Waals surface area contributed by atoms with Gasteiger partial charge >= 0.3 is 0 Å². The second-order valence-corrected chi connectivity index (χ2v) is 4.82. The number of nitriles is 1. The first-order valence-electron chi connectivity index (χ1n) is 5.13. The Bertz CT molecular complexity index is 683. The molecule has 6 heteroatoms. The summed E-state index contributed by atoms with van der Waals surface area (Å²) >= 11 is 1.81. The summed E-state index contributed by atoms with van der Waals surface area (Å²) in [6.07, 6.45) is 0. The lowest BCUT2D eigenvalue weighted by molar-refractivity contribution is 0.473. The number of rotatable bonds is 2. The van der Waals surface area contributed by atoms with Crippen LogP contribution in [-0.4, -0.2) is 0 Å². The second-order valence-electron chi connectivity index (χ2n) is 3.66. The maximum atomic E-state index is 13.4. The summed E-state index contributed by atoms with van der Waals surface area (Å²) < 4.78 is 32.5. The monoisotopic (exact) mass is 372 g/mol. The van der Waals surface area contributed by atoms with E-state index in [1.807, 2.05) is 0 Å². The molecule has 0 aliphatic carbocycles. The lowest BCUT2D eigenvalue weighted by atomic mass is 10.2. The first-order valence-corrected chi connectivity index (χ1v) is 6.21. The Balaban J connectivity index is 2.34. The van der Waals surface area contributed by atoms with Gasteiger partial charge in [0.2, 0.25) is 0 Å². The fourth-order valence-electron chi connectivity index (χ4n) is 1.41. The van der Waals surface area contributed by atoms with Crippen molar-refractivity contribution in [3.8, 4) is 17.6 Å². The van der Waals surface area contributed by atoms with E-state index < -0.39 is 11.6 Å². The summed E-state index contributed by atoms with van der Waals surface area (Å²) in [4.78, 5) is 0. The number of benzene rings is 2. The molecule has 2 aromatic carbocycles. The normalized spacial score (nSPS) is 10.0. The molecule has 0 bridgehead atoms. The van der Waals surface area contributed by atoms with Crippen molar-refractivity contribution in [1.82, 2.24) is 0 Å². The van der Waals surface area contributed by atoms with Crippen LogP contribution in [0.2, 0.25) is 0 Å². The molecule has 0 spiro atoms. The molecule has 2 aromatic rings. The number of halogens is 3. The maximum absolute atomic E-state index is 13.4. The fraction of sp³-hybridized carbons (Fsp3) is 0. The largest absolute Gasteiger partial charge is 0.455 e. The van der Waals surface area contributed by atoms with Crippen LogP contribution in [-0.2, 0) is 0 Å². The van der Waals surface area contributed by atoms with E-state index in [0.717, 1.165) is 12.1 Å². The maximum Gasteiger partial charge on any atom is 0.153 e. The zero-order valence-corrected chi connectivity index (χ0v) is 11.6. The number of ether oxygens (including phenoxy) is 1. The molecule has 0 aliphatic heterocycles. The predicted molar refractivity (Wildman–Crippen MR) is 74.7 cm³/mol. The van der Waals surface area contributed by atoms with Gasteiger partial charge in [-0.3, -0.25) is 0 Å². The zero-order valence-electron chi connectivity index (χ0n) is 9.45. The topological polar surface area (TPSA) is 59.0 Å². The van der Waals surface area contributed by atoms with Gasteiger partial charge in [0.05, 0.1) is 14.8 Å². The molecular weight excluding hydrogens is 365 g/mol. The number of hydrogen-bond acceptors (Lipinski definition) is 3. The van der Waals surface area contributed by atoms with Gasteiger partial charge in [-0.2, -0.15) is 5.26 Å². The van der Waals surface area contributed by atoms with Gasteiger partial charge in [-0.05, 0) is 40.8 Å². The quantitative estimate of drug-likeness (QED) is 0.644. The molecule has 0 saturated heterocycles. The van der Waals surface area contributed by atoms with E-state index in [-0.39, 0.29) is 22.7 Å². The molecule has 3 nitrogen and oxygen atoms in total. The number of nitrogen functional groups attached to an aromatic ring is 1. The minimum Gasteiger partial charge on any atom is -0.455 e. The number of nitrogens with two attached hydrogens (primary N) is 1. The molecule has 96 valence electrons. The Labute approximate surface area is 121 Å². The molecule has 0 aromatic heterocycles. The van der Waals surface area contributed by atoms with Gasteiger partial charge in [-0.25, -0.2) is 8.78 Å². The van der Waals surface area contributed by atoms with Gasteiger partial charge in [0.15, 0.2) is 5.75 Å². The van der Waals surface area contributed by atoms with Crippen molar-refractivity contribution < 1.29 is 13.5 Å². The smallest absolute Gasteiger partial charge is 0.153 e. The summed E-state index contributed by atoms with van der Waals surface area (Å²) in [5.41, 5.74) is 5.85. The highest BCUT2D eigenvalue weighted by Crippen LogP contribution is 2.31. The van der Waals surface area contributed by atoms with E-state index in [0.29, 0.717) is 3.57 Å². The van der Waals surface area contributed by atoms with Gasteiger partial charge in [0, 0.05) is 12.1 Å². The molecule has 0 aliphatic rings. The lowest BCUT2D eigenvalue weighted by Crippen LogP contribution is -1.96. The first-order chi connectivity index (χ1) is 9.01. The van der Waals surface area contributed by atoms with Crippen LogP contribution in [0, 0.1) is 26.5 Å². The van der Waals surface area contributed by atoms with Crippen LogP contribution in [0.3, 0.4) is 0 Å². The summed E-state index contributed by atoms with van der Waals surface area (Å²) in [5.74, 6) is -0.936. The van der Waals surface area contributed by atoms with Gasteiger partial charge in [-0.15, -0.1) is 0 Å². The summed E-state index contributed by atoms with van der Waals surface area (Å²) in [6, 6.07) is 8.00. The highest BCUT2D eigenvalue weighted by Gasteiger charge is 2.10. The average molecular weight is 372 g/mol. The molecule has 0 radical (unpaired) electrons. The third-order valence-corrected chi connectivity index (χ3v) is 3.17. The average Bonchev–Trinajstić information content (AvgIpc) is 2.36. The molecule has 19 heavy (non-hydrogen) atoms. The molecule has 0 saturated carbocycles. The molecule has 0 heterocycles. The molecule has 2 rings (SSSR count). The van der Waals surface area contributed by atoms with Crippen molar-refractivity contribution in [3.63, 3.8) is 0 Å². The van der Waals surface area contributed by atoms with Crippen molar-refractivity contribution in [2.24, 2.45) is 0 Å². The number of anilines is 1. The fourth-order valence-corrected chi connectivity index (χ4v) is 1.90. The van der Waals surface area contributed by atoms with Gasteiger partial charge in [-0.1, -0.05) is 0 Å². The van der Waals surface area contributed by atoms with Crippen LogP contribution in [0.15, 0.2) is 30.3 Å². The number of hydrogen-bond donors (Lipinski definition) is 1. The highest BCUT2D eigenvalue weighted by atomic mass is 127. The minimum atomic E-state index is -0.704. The van der Waals surface area contributed by atoms with Gasteiger partial charge in [0.25, 0.3) is 0 Å². The number of nitrogens with zero attached hydrogens (tertiary/aromatic N) is 1. The SMILES string of the molecule is N#Cc1ccc(Oc2cc(F)c(I)cc2N)cc1F. The Hall–Kier alpha value is -1.88. The predicted octanol–water partition coefficient (Wildman–Crippen LogP) is 3.82. The highest BCUT2D eigenvalue weighted by molar-refractivity contribution is 14.1. The van der Waals surface area contributed by atoms with Crippen LogP contribution in [0.25, 0.3) is 0 Å². The van der Waals surface area contributed by atoms with Crippen molar-refractivity contribution in [1.29, 1.82) is 5.26 Å². The second kappa shape index (κ2) is 5.40. The Kier molecular flexibility index (Phi) is 3.85. The summed E-state index contributed by atoms with van der Waals surface area (Å²) in [5, 5.41) is 8.61. The van der Waals surface area contributed by atoms with E-state index in [2.05, 4.69) is 0 Å². The van der Waals surface area contributed by atoms with E-state index >= 15 is 0 Å². The molecule has 2 N–H and O–H groups in total. The lowest BCUT2D eigenvalue weighted by Gasteiger charge is -2.09. The Morgan fingerprint density at radius 3 is 2.53 bits per heavy atom. The molecule has 0 fully saturated rings. The van der Waals surface area contributed by atoms with Gasteiger partial charge < -0.3 is 10.5 Å². The van der Waals surface area contributed by atoms with Crippen LogP contribution >= 0.6 is 22.6 Å². The summed E-state index contributed by atoms with van der Waals surface area (Å²) in [6.45, 7) is 0. The van der Waals surface area contributed by atoms with E-state index in [4.69, 9.17) is 15.7 Å². The minimum absolute atomic E-state index is 0.0888. The van der Waals surface area contributed by atoms with Crippen molar-refractivity contribution >= 4 is 28.3 Å². The molecule has 0 amide bonds. The molecule has 0 atom stereocenters. The van der Waals surface area contributed by atoms with Crippen molar-refractivity contribution in [2.45, 2.75) is 0 Å². The van der Waals surface area contributed by atoms with Gasteiger partial charge in [0.1, 0.15) is 23.5 Å². The summed E-state index contributed by atoms with van der Waals surface area (Å²) in [7, 11) is 0. The Morgan fingerprint density at radius 1 is 1.16 bits per heavy atom.